The van der Waals surface area contributed by atoms with Crippen LogP contribution in [0.2, 0.25) is 0 Å². The van der Waals surface area contributed by atoms with Gasteiger partial charge in [0.15, 0.2) is 0 Å². The summed E-state index contributed by atoms with van der Waals surface area (Å²) >= 11 is 0. The van der Waals surface area contributed by atoms with Crippen LogP contribution in [0.4, 0.5) is 0 Å². The topological polar surface area (TPSA) is 49.3 Å². The van der Waals surface area contributed by atoms with Crippen LogP contribution >= 0.6 is 0 Å². The largest absolute Gasteiger partial charge is 0.393 e. The van der Waals surface area contributed by atoms with Crippen LogP contribution in [-0.4, -0.2) is 23.7 Å². The first-order valence-corrected chi connectivity index (χ1v) is 7.03. The van der Waals surface area contributed by atoms with Crippen molar-refractivity contribution in [3.05, 3.63) is 12.2 Å². The number of carbonyl (C=O) groups excluding carboxylic acids is 1. The van der Waals surface area contributed by atoms with E-state index >= 15 is 0 Å². The number of rotatable bonds is 9. The number of hydrogen-bond acceptors (Lipinski definition) is 2. The Labute approximate surface area is 112 Å². The van der Waals surface area contributed by atoms with Gasteiger partial charge < -0.3 is 10.4 Å². The zero-order valence-electron chi connectivity index (χ0n) is 12.3. The van der Waals surface area contributed by atoms with Crippen LogP contribution in [0.5, 0.6) is 0 Å². The molecular weight excluding hydrogens is 226 g/mol. The van der Waals surface area contributed by atoms with Gasteiger partial charge >= 0.3 is 0 Å². The Morgan fingerprint density at radius 3 is 2.50 bits per heavy atom. The smallest absolute Gasteiger partial charge is 0.222 e. The highest BCUT2D eigenvalue weighted by molar-refractivity contribution is 5.76. The highest BCUT2D eigenvalue weighted by Crippen LogP contribution is 2.12. The van der Waals surface area contributed by atoms with Crippen molar-refractivity contribution in [2.24, 2.45) is 11.8 Å². The Morgan fingerprint density at radius 2 is 1.94 bits per heavy atom. The SMILES string of the molecule is C/C=C/C(C)CCCC(O)CC(=O)NCC(C)C. The maximum Gasteiger partial charge on any atom is 0.222 e. The molecule has 2 unspecified atom stereocenters. The van der Waals surface area contributed by atoms with Gasteiger partial charge in [0.2, 0.25) is 5.91 Å². The fraction of sp³-hybridized carbons (Fsp3) is 0.800. The average Bonchev–Trinajstić information content (AvgIpc) is 2.26. The van der Waals surface area contributed by atoms with Crippen LogP contribution in [0.3, 0.4) is 0 Å². The van der Waals surface area contributed by atoms with Crippen LogP contribution in [0, 0.1) is 11.8 Å². The molecule has 0 aromatic rings. The predicted molar refractivity (Wildman–Crippen MR) is 76.3 cm³/mol. The minimum atomic E-state index is -0.505. The van der Waals surface area contributed by atoms with Gasteiger partial charge in [-0.2, -0.15) is 0 Å². The Hall–Kier alpha value is -0.830. The van der Waals surface area contributed by atoms with Crippen molar-refractivity contribution in [2.45, 2.75) is 59.5 Å². The van der Waals surface area contributed by atoms with Gasteiger partial charge in [-0.25, -0.2) is 0 Å². The lowest BCUT2D eigenvalue weighted by atomic mass is 10.0. The lowest BCUT2D eigenvalue weighted by Gasteiger charge is -2.13. The summed E-state index contributed by atoms with van der Waals surface area (Å²) in [7, 11) is 0. The Kier molecular flexibility index (Phi) is 9.66. The van der Waals surface area contributed by atoms with Crippen molar-refractivity contribution in [3.8, 4) is 0 Å². The Balaban J connectivity index is 3.64. The van der Waals surface area contributed by atoms with Crippen LogP contribution < -0.4 is 5.32 Å². The summed E-state index contributed by atoms with van der Waals surface area (Å²) in [6.45, 7) is 8.98. The molecule has 0 heterocycles. The lowest BCUT2D eigenvalue weighted by Crippen LogP contribution is -2.30. The molecule has 0 aromatic heterocycles. The number of carbonyl (C=O) groups is 1. The monoisotopic (exact) mass is 255 g/mol. The van der Waals surface area contributed by atoms with E-state index < -0.39 is 6.10 Å². The highest BCUT2D eigenvalue weighted by Gasteiger charge is 2.11. The van der Waals surface area contributed by atoms with E-state index in [1.165, 1.54) is 0 Å². The molecule has 1 amide bonds. The molecule has 2 atom stereocenters. The zero-order valence-corrected chi connectivity index (χ0v) is 12.3. The molecule has 0 radical (unpaired) electrons. The van der Waals surface area contributed by atoms with Crippen LogP contribution in [0.25, 0.3) is 0 Å². The lowest BCUT2D eigenvalue weighted by molar-refractivity contribution is -0.123. The van der Waals surface area contributed by atoms with E-state index in [0.717, 1.165) is 12.8 Å². The number of aliphatic hydroxyl groups excluding tert-OH is 1. The maximum absolute atomic E-state index is 11.5. The molecular formula is C15H29NO2. The molecule has 3 heteroatoms. The third-order valence-corrected chi connectivity index (χ3v) is 2.85. The third kappa shape index (κ3) is 10.3. The summed E-state index contributed by atoms with van der Waals surface area (Å²) in [6, 6.07) is 0. The summed E-state index contributed by atoms with van der Waals surface area (Å²) in [4.78, 5) is 11.5. The Morgan fingerprint density at radius 1 is 1.28 bits per heavy atom. The first-order valence-electron chi connectivity index (χ1n) is 7.03. The van der Waals surface area contributed by atoms with Gasteiger partial charge in [0.25, 0.3) is 0 Å². The summed E-state index contributed by atoms with van der Waals surface area (Å²) in [5.74, 6) is 0.961. The molecule has 0 rings (SSSR count). The summed E-state index contributed by atoms with van der Waals surface area (Å²) < 4.78 is 0. The zero-order chi connectivity index (χ0) is 14.0. The minimum Gasteiger partial charge on any atom is -0.393 e. The third-order valence-electron chi connectivity index (χ3n) is 2.85. The summed E-state index contributed by atoms with van der Waals surface area (Å²) in [6.07, 6.45) is 6.68. The standard InChI is InChI=1S/C15H29NO2/c1-5-7-13(4)8-6-9-14(17)10-15(18)16-11-12(2)3/h5,7,12-14,17H,6,8-11H2,1-4H3,(H,16,18)/b7-5+. The summed E-state index contributed by atoms with van der Waals surface area (Å²) in [5.41, 5.74) is 0. The van der Waals surface area contributed by atoms with Gasteiger partial charge in [-0.05, 0) is 31.6 Å². The molecule has 0 saturated carbocycles. The quantitative estimate of drug-likeness (QED) is 0.622. The van der Waals surface area contributed by atoms with E-state index in [1.807, 2.05) is 6.92 Å². The van der Waals surface area contributed by atoms with E-state index in [4.69, 9.17) is 0 Å². The van der Waals surface area contributed by atoms with E-state index in [1.54, 1.807) is 0 Å². The molecule has 3 nitrogen and oxygen atoms in total. The van der Waals surface area contributed by atoms with Gasteiger partial charge in [-0.3, -0.25) is 4.79 Å². The molecule has 0 saturated heterocycles. The normalized spacial score (nSPS) is 15.0. The van der Waals surface area contributed by atoms with Gasteiger partial charge in [0.05, 0.1) is 12.5 Å². The molecule has 0 aliphatic rings. The van der Waals surface area contributed by atoms with Gasteiger partial charge in [-0.1, -0.05) is 39.3 Å². The van der Waals surface area contributed by atoms with Crippen molar-refractivity contribution in [3.63, 3.8) is 0 Å². The van der Waals surface area contributed by atoms with Crippen molar-refractivity contribution >= 4 is 5.91 Å². The summed E-state index contributed by atoms with van der Waals surface area (Å²) in [5, 5.41) is 12.6. The van der Waals surface area contributed by atoms with Crippen molar-refractivity contribution < 1.29 is 9.90 Å². The van der Waals surface area contributed by atoms with Gasteiger partial charge in [-0.15, -0.1) is 0 Å². The van der Waals surface area contributed by atoms with Gasteiger partial charge in [0, 0.05) is 6.54 Å². The highest BCUT2D eigenvalue weighted by atomic mass is 16.3. The molecule has 0 bridgehead atoms. The second kappa shape index (κ2) is 10.1. The number of nitrogens with one attached hydrogen (secondary N) is 1. The molecule has 0 aromatic carbocycles. The molecule has 0 aliphatic carbocycles. The van der Waals surface area contributed by atoms with Crippen molar-refractivity contribution in [1.82, 2.24) is 5.32 Å². The molecule has 2 N–H and O–H groups in total. The maximum atomic E-state index is 11.5. The first-order chi connectivity index (χ1) is 8.45. The van der Waals surface area contributed by atoms with Crippen LogP contribution in [-0.2, 0) is 4.79 Å². The average molecular weight is 255 g/mol. The second-order valence-electron chi connectivity index (χ2n) is 5.49. The van der Waals surface area contributed by atoms with Crippen LogP contribution in [0.1, 0.15) is 53.4 Å². The second-order valence-corrected chi connectivity index (χ2v) is 5.49. The number of amides is 1. The first kappa shape index (κ1) is 17.2. The molecule has 0 aliphatic heterocycles. The van der Waals surface area contributed by atoms with Gasteiger partial charge in [0.1, 0.15) is 0 Å². The fourth-order valence-corrected chi connectivity index (χ4v) is 1.81. The number of hydrogen-bond donors (Lipinski definition) is 2. The fourth-order valence-electron chi connectivity index (χ4n) is 1.81. The van der Waals surface area contributed by atoms with Crippen molar-refractivity contribution in [2.75, 3.05) is 6.54 Å². The van der Waals surface area contributed by atoms with Crippen molar-refractivity contribution in [1.29, 1.82) is 0 Å². The predicted octanol–water partition coefficient (Wildman–Crippen LogP) is 2.89. The number of allylic oxidation sites excluding steroid dienone is 2. The molecule has 106 valence electrons. The van der Waals surface area contributed by atoms with E-state index in [-0.39, 0.29) is 12.3 Å². The van der Waals surface area contributed by atoms with E-state index in [0.29, 0.717) is 24.8 Å². The van der Waals surface area contributed by atoms with Crippen LogP contribution in [0.15, 0.2) is 12.2 Å². The van der Waals surface area contributed by atoms with E-state index in [9.17, 15) is 9.90 Å². The number of aliphatic hydroxyl groups is 1. The minimum absolute atomic E-state index is 0.0438. The Bertz CT molecular complexity index is 249. The molecule has 18 heavy (non-hydrogen) atoms. The molecule has 0 spiro atoms. The molecule has 0 fully saturated rings. The van der Waals surface area contributed by atoms with E-state index in [2.05, 4.69) is 38.2 Å².